The van der Waals surface area contributed by atoms with E-state index in [1.54, 1.807) is 0 Å². The van der Waals surface area contributed by atoms with Crippen molar-refractivity contribution in [1.82, 2.24) is 10.2 Å². The van der Waals surface area contributed by atoms with Crippen LogP contribution in [-0.2, 0) is 4.79 Å². The Morgan fingerprint density at radius 2 is 2.21 bits per heavy atom. The van der Waals surface area contributed by atoms with E-state index < -0.39 is 5.51 Å². The minimum Gasteiger partial charge on any atom is -0.355 e. The van der Waals surface area contributed by atoms with Gasteiger partial charge in [0.2, 0.25) is 5.91 Å². The molecule has 3 N–H and O–H groups in total. The Morgan fingerprint density at radius 1 is 1.47 bits per heavy atom. The van der Waals surface area contributed by atoms with Crippen LogP contribution in [0.5, 0.6) is 0 Å². The molecular formula is C11H20F3N3OS. The van der Waals surface area contributed by atoms with Gasteiger partial charge < -0.3 is 16.0 Å². The molecule has 1 aliphatic rings. The molecule has 0 saturated carbocycles. The lowest BCUT2D eigenvalue weighted by molar-refractivity contribution is -0.126. The summed E-state index contributed by atoms with van der Waals surface area (Å²) in [4.78, 5) is 13.7. The summed E-state index contributed by atoms with van der Waals surface area (Å²) in [5.41, 5.74) is 1.13. The maximum absolute atomic E-state index is 12.0. The first-order chi connectivity index (χ1) is 8.92. The predicted octanol–water partition coefficient (Wildman–Crippen LogP) is 1.03. The van der Waals surface area contributed by atoms with E-state index in [2.05, 4.69) is 5.32 Å². The van der Waals surface area contributed by atoms with Crippen LogP contribution in [0.25, 0.3) is 0 Å². The minimum absolute atomic E-state index is 0.00802. The lowest BCUT2D eigenvalue weighted by Gasteiger charge is -2.31. The lowest BCUT2D eigenvalue weighted by Crippen LogP contribution is -2.44. The van der Waals surface area contributed by atoms with Crippen molar-refractivity contribution in [3.05, 3.63) is 0 Å². The van der Waals surface area contributed by atoms with E-state index in [0.29, 0.717) is 26.2 Å². The van der Waals surface area contributed by atoms with Gasteiger partial charge >= 0.3 is 5.51 Å². The van der Waals surface area contributed by atoms with Crippen LogP contribution in [0.15, 0.2) is 0 Å². The number of hydrogen-bond acceptors (Lipinski definition) is 4. The van der Waals surface area contributed by atoms with Crippen LogP contribution in [0.1, 0.15) is 12.8 Å². The number of amides is 1. The van der Waals surface area contributed by atoms with E-state index in [9.17, 15) is 18.0 Å². The van der Waals surface area contributed by atoms with Gasteiger partial charge in [0.05, 0.1) is 5.92 Å². The molecule has 0 spiro atoms. The number of hydrogen-bond donors (Lipinski definition) is 2. The Kier molecular flexibility index (Phi) is 6.95. The lowest BCUT2D eigenvalue weighted by atomic mass is 9.97. The molecule has 1 saturated heterocycles. The van der Waals surface area contributed by atoms with Crippen LogP contribution in [0.3, 0.4) is 0 Å². The van der Waals surface area contributed by atoms with E-state index in [-0.39, 0.29) is 29.3 Å². The van der Waals surface area contributed by atoms with E-state index in [0.717, 1.165) is 19.4 Å². The number of carbonyl (C=O) groups excluding carboxylic acids is 1. The van der Waals surface area contributed by atoms with Crippen molar-refractivity contribution in [2.75, 3.05) is 38.5 Å². The number of rotatable bonds is 6. The molecule has 1 fully saturated rings. The van der Waals surface area contributed by atoms with Crippen molar-refractivity contribution in [3.63, 3.8) is 0 Å². The number of carbonyl (C=O) groups is 1. The molecule has 8 heteroatoms. The van der Waals surface area contributed by atoms with Gasteiger partial charge in [0, 0.05) is 31.9 Å². The Bertz CT molecular complexity index is 289. The average molecular weight is 299 g/mol. The van der Waals surface area contributed by atoms with E-state index in [1.165, 1.54) is 0 Å². The third-order valence-electron chi connectivity index (χ3n) is 2.99. The Labute approximate surface area is 115 Å². The molecule has 112 valence electrons. The fraction of sp³-hybridized carbons (Fsp3) is 0.909. The van der Waals surface area contributed by atoms with Crippen molar-refractivity contribution in [1.29, 1.82) is 0 Å². The molecule has 1 amide bonds. The topological polar surface area (TPSA) is 58.4 Å². The molecule has 0 radical (unpaired) electrons. The summed E-state index contributed by atoms with van der Waals surface area (Å²) in [5.74, 6) is -0.157. The quantitative estimate of drug-likeness (QED) is 0.769. The van der Waals surface area contributed by atoms with Crippen molar-refractivity contribution < 1.29 is 18.0 Å². The maximum Gasteiger partial charge on any atom is 0.441 e. The summed E-state index contributed by atoms with van der Waals surface area (Å²) < 4.78 is 36.1. The summed E-state index contributed by atoms with van der Waals surface area (Å²) in [6.07, 6.45) is 1.64. The van der Waals surface area contributed by atoms with Gasteiger partial charge in [-0.15, -0.1) is 0 Å². The monoisotopic (exact) mass is 299 g/mol. The highest BCUT2D eigenvalue weighted by Crippen LogP contribution is 2.30. The van der Waals surface area contributed by atoms with Crippen LogP contribution in [0.2, 0.25) is 0 Å². The third kappa shape index (κ3) is 7.03. The van der Waals surface area contributed by atoms with Gasteiger partial charge in [-0.05, 0) is 31.1 Å². The summed E-state index contributed by atoms with van der Waals surface area (Å²) in [6, 6.07) is 0. The summed E-state index contributed by atoms with van der Waals surface area (Å²) >= 11 is -0.00802. The third-order valence-corrected chi connectivity index (χ3v) is 3.71. The summed E-state index contributed by atoms with van der Waals surface area (Å²) in [5, 5.41) is 2.73. The fourth-order valence-electron chi connectivity index (χ4n) is 2.10. The summed E-state index contributed by atoms with van der Waals surface area (Å²) in [7, 11) is 0. The first-order valence-corrected chi connectivity index (χ1v) is 7.32. The normalized spacial score (nSPS) is 21.4. The number of likely N-dealkylation sites (tertiary alicyclic amines) is 1. The molecule has 1 rings (SSSR count). The predicted molar refractivity (Wildman–Crippen MR) is 69.7 cm³/mol. The summed E-state index contributed by atoms with van der Waals surface area (Å²) in [6.45, 7) is 2.50. The molecular weight excluding hydrogens is 279 g/mol. The van der Waals surface area contributed by atoms with Gasteiger partial charge in [-0.3, -0.25) is 4.79 Å². The highest BCUT2D eigenvalue weighted by Gasteiger charge is 2.29. The first-order valence-electron chi connectivity index (χ1n) is 6.33. The van der Waals surface area contributed by atoms with Crippen molar-refractivity contribution in [2.24, 2.45) is 11.7 Å². The van der Waals surface area contributed by atoms with Gasteiger partial charge in [-0.2, -0.15) is 13.2 Å². The van der Waals surface area contributed by atoms with Gasteiger partial charge in [-0.25, -0.2) is 0 Å². The second-order valence-electron chi connectivity index (χ2n) is 4.51. The van der Waals surface area contributed by atoms with Crippen LogP contribution >= 0.6 is 11.8 Å². The zero-order valence-electron chi connectivity index (χ0n) is 10.7. The highest BCUT2D eigenvalue weighted by molar-refractivity contribution is 8.00. The van der Waals surface area contributed by atoms with Crippen LogP contribution in [0, 0.1) is 5.92 Å². The standard InChI is InChI=1S/C11H20F3N3OS/c12-11(13,14)19-7-6-17-5-1-2-9(8-17)10(18)16-4-3-15/h9H,1-8,15H2,(H,16,18). The zero-order chi connectivity index (χ0) is 14.3. The van der Waals surface area contributed by atoms with Crippen LogP contribution < -0.4 is 11.1 Å². The minimum atomic E-state index is -4.17. The van der Waals surface area contributed by atoms with Crippen LogP contribution in [0.4, 0.5) is 13.2 Å². The van der Waals surface area contributed by atoms with Crippen molar-refractivity contribution in [3.8, 4) is 0 Å². The maximum atomic E-state index is 12.0. The molecule has 0 aliphatic carbocycles. The number of nitrogens with zero attached hydrogens (tertiary/aromatic N) is 1. The molecule has 19 heavy (non-hydrogen) atoms. The van der Waals surface area contributed by atoms with Gasteiger partial charge in [0.1, 0.15) is 0 Å². The Balaban J connectivity index is 2.27. The molecule has 0 aromatic carbocycles. The molecule has 1 heterocycles. The Hall–Kier alpha value is -0.470. The number of alkyl halides is 3. The van der Waals surface area contributed by atoms with Crippen molar-refractivity contribution in [2.45, 2.75) is 18.3 Å². The average Bonchev–Trinajstić information content (AvgIpc) is 2.35. The van der Waals surface area contributed by atoms with Crippen LogP contribution in [-0.4, -0.2) is 54.8 Å². The number of piperidine rings is 1. The molecule has 0 aromatic rings. The largest absolute Gasteiger partial charge is 0.441 e. The van der Waals surface area contributed by atoms with Gasteiger partial charge in [0.25, 0.3) is 0 Å². The van der Waals surface area contributed by atoms with E-state index in [4.69, 9.17) is 5.73 Å². The fourth-order valence-corrected chi connectivity index (χ4v) is 2.68. The highest BCUT2D eigenvalue weighted by atomic mass is 32.2. The number of nitrogens with one attached hydrogen (secondary N) is 1. The second kappa shape index (κ2) is 7.96. The SMILES string of the molecule is NCCNC(=O)C1CCCN(CCSC(F)(F)F)C1. The molecule has 0 bridgehead atoms. The molecule has 0 aromatic heterocycles. The second-order valence-corrected chi connectivity index (χ2v) is 5.67. The number of nitrogens with two attached hydrogens (primary N) is 1. The first kappa shape index (κ1) is 16.6. The Morgan fingerprint density at radius 3 is 2.84 bits per heavy atom. The van der Waals surface area contributed by atoms with E-state index >= 15 is 0 Å². The van der Waals surface area contributed by atoms with E-state index in [1.807, 2.05) is 4.90 Å². The zero-order valence-corrected chi connectivity index (χ0v) is 11.5. The smallest absolute Gasteiger partial charge is 0.355 e. The molecule has 4 nitrogen and oxygen atoms in total. The molecule has 1 unspecified atom stereocenters. The van der Waals surface area contributed by atoms with Crippen molar-refractivity contribution >= 4 is 17.7 Å². The number of thioether (sulfide) groups is 1. The molecule has 1 atom stereocenters. The van der Waals surface area contributed by atoms with Gasteiger partial charge in [0.15, 0.2) is 0 Å². The van der Waals surface area contributed by atoms with Gasteiger partial charge in [-0.1, -0.05) is 0 Å². The number of halogens is 3. The molecule has 1 aliphatic heterocycles.